The van der Waals surface area contributed by atoms with Crippen molar-refractivity contribution in [1.29, 1.82) is 0 Å². The molecular formula is C16H18Cl2N6O4S2. The number of benzene rings is 1. The Morgan fingerprint density at radius 2 is 1.90 bits per heavy atom. The minimum Gasteiger partial charge on any atom is -0.365 e. The maximum absolute atomic E-state index is 12.2. The minimum absolute atomic E-state index is 0.0264. The Balaban J connectivity index is 1.70. The van der Waals surface area contributed by atoms with Gasteiger partial charge in [0.25, 0.3) is 0 Å². The first-order valence-electron chi connectivity index (χ1n) is 8.79. The Morgan fingerprint density at radius 3 is 2.57 bits per heavy atom. The number of piperidine rings is 1. The lowest BCUT2D eigenvalue weighted by atomic mass is 10.1. The Hall–Kier alpha value is -2.02. The molecule has 30 heavy (non-hydrogen) atoms. The maximum atomic E-state index is 12.2. The van der Waals surface area contributed by atoms with Gasteiger partial charge in [-0.25, -0.2) is 9.52 Å². The van der Waals surface area contributed by atoms with E-state index in [4.69, 9.17) is 27.4 Å². The number of hydrogen-bond acceptors (Lipinski definition) is 9. The van der Waals surface area contributed by atoms with Gasteiger partial charge in [-0.15, -0.1) is 0 Å². The fraction of sp³-hybridized carbons (Fsp3) is 0.375. The van der Waals surface area contributed by atoms with E-state index < -0.39 is 16.3 Å². The highest BCUT2D eigenvalue weighted by Gasteiger charge is 2.21. The molecule has 14 heteroatoms. The summed E-state index contributed by atoms with van der Waals surface area (Å²) in [4.78, 5) is 26.9. The highest BCUT2D eigenvalue weighted by atomic mass is 35.5. The summed E-state index contributed by atoms with van der Waals surface area (Å²) in [6.07, 6.45) is 4.96. The van der Waals surface area contributed by atoms with E-state index >= 15 is 0 Å². The van der Waals surface area contributed by atoms with Gasteiger partial charge >= 0.3 is 16.3 Å². The van der Waals surface area contributed by atoms with Gasteiger partial charge in [0.1, 0.15) is 0 Å². The maximum Gasteiger partial charge on any atom is 0.411 e. The molecule has 1 saturated heterocycles. The number of aromatic nitrogens is 3. The highest BCUT2D eigenvalue weighted by Crippen LogP contribution is 2.28. The molecule has 0 spiro atoms. The van der Waals surface area contributed by atoms with Gasteiger partial charge in [0.15, 0.2) is 10.9 Å². The highest BCUT2D eigenvalue weighted by molar-refractivity contribution is 7.98. The van der Waals surface area contributed by atoms with Gasteiger partial charge in [-0.05, 0) is 43.7 Å². The third-order valence-corrected chi connectivity index (χ3v) is 5.87. The lowest BCUT2D eigenvalue weighted by Gasteiger charge is -2.26. The number of urea groups is 1. The van der Waals surface area contributed by atoms with Gasteiger partial charge in [0, 0.05) is 18.1 Å². The molecule has 2 amide bonds. The summed E-state index contributed by atoms with van der Waals surface area (Å²) < 4.78 is 30.8. The fourth-order valence-electron chi connectivity index (χ4n) is 2.65. The molecule has 2 N–H and O–H groups in total. The van der Waals surface area contributed by atoms with Crippen molar-refractivity contribution in [1.82, 2.24) is 19.7 Å². The van der Waals surface area contributed by atoms with Crippen LogP contribution < -0.4 is 19.1 Å². The van der Waals surface area contributed by atoms with E-state index in [1.54, 1.807) is 11.0 Å². The fourth-order valence-corrected chi connectivity index (χ4v) is 4.20. The molecule has 2 aromatic rings. The second-order valence-electron chi connectivity index (χ2n) is 6.16. The molecule has 0 unspecified atom stereocenters. The first-order chi connectivity index (χ1) is 14.3. The van der Waals surface area contributed by atoms with Crippen LogP contribution in [0.15, 0.2) is 23.4 Å². The number of carbonyl (C=O) groups excluding carboxylic acids is 1. The summed E-state index contributed by atoms with van der Waals surface area (Å²) in [7, 11) is -4.51. The summed E-state index contributed by atoms with van der Waals surface area (Å²) in [5, 5.41) is 2.97. The number of amides is 2. The number of anilines is 2. The van der Waals surface area contributed by atoms with Gasteiger partial charge in [-0.1, -0.05) is 35.0 Å². The van der Waals surface area contributed by atoms with E-state index in [1.165, 1.54) is 30.0 Å². The minimum atomic E-state index is -4.51. The van der Waals surface area contributed by atoms with Gasteiger partial charge in [0.2, 0.25) is 11.9 Å². The Morgan fingerprint density at radius 1 is 1.17 bits per heavy atom. The van der Waals surface area contributed by atoms with Crippen LogP contribution in [0.4, 0.5) is 16.7 Å². The van der Waals surface area contributed by atoms with Crippen LogP contribution in [0, 0.1) is 0 Å². The van der Waals surface area contributed by atoms with E-state index in [2.05, 4.69) is 20.3 Å². The third kappa shape index (κ3) is 6.24. The number of halogens is 2. The Bertz CT molecular complexity index is 1030. The van der Waals surface area contributed by atoms with Crippen LogP contribution in [0.1, 0.15) is 19.3 Å². The van der Waals surface area contributed by atoms with Gasteiger partial charge in [-0.3, -0.25) is 5.32 Å². The smallest absolute Gasteiger partial charge is 0.365 e. The Labute approximate surface area is 188 Å². The number of nitrogens with one attached hydrogen (secondary N) is 2. The zero-order valence-electron chi connectivity index (χ0n) is 15.8. The van der Waals surface area contributed by atoms with Crippen molar-refractivity contribution in [2.75, 3.05) is 29.6 Å². The third-order valence-electron chi connectivity index (χ3n) is 3.96. The average molecular weight is 493 g/mol. The molecule has 2 heterocycles. The molecular weight excluding hydrogens is 475 g/mol. The second kappa shape index (κ2) is 9.86. The van der Waals surface area contributed by atoms with Crippen molar-refractivity contribution >= 4 is 63.2 Å². The van der Waals surface area contributed by atoms with Crippen molar-refractivity contribution in [3.8, 4) is 5.75 Å². The largest absolute Gasteiger partial charge is 0.411 e. The lowest BCUT2D eigenvalue weighted by Crippen LogP contribution is -2.38. The number of rotatable bonds is 6. The summed E-state index contributed by atoms with van der Waals surface area (Å²) >= 11 is 12.9. The zero-order valence-corrected chi connectivity index (χ0v) is 18.9. The van der Waals surface area contributed by atoms with E-state index in [0.717, 1.165) is 32.4 Å². The predicted molar refractivity (Wildman–Crippen MR) is 116 cm³/mol. The molecule has 0 atom stereocenters. The molecule has 1 aromatic carbocycles. The molecule has 0 bridgehead atoms. The normalized spacial score (nSPS) is 14.3. The molecule has 10 nitrogen and oxygen atoms in total. The van der Waals surface area contributed by atoms with E-state index in [0.29, 0.717) is 16.1 Å². The molecule has 1 aliphatic heterocycles. The summed E-state index contributed by atoms with van der Waals surface area (Å²) in [6, 6.07) is 2.88. The van der Waals surface area contributed by atoms with E-state index in [9.17, 15) is 13.2 Å². The van der Waals surface area contributed by atoms with Crippen LogP contribution >= 0.6 is 35.0 Å². The van der Waals surface area contributed by atoms with Crippen LogP contribution in [0.3, 0.4) is 0 Å². The van der Waals surface area contributed by atoms with Crippen LogP contribution in [0.25, 0.3) is 0 Å². The number of nitrogens with zero attached hydrogens (tertiary/aromatic N) is 4. The van der Waals surface area contributed by atoms with Crippen LogP contribution in [-0.2, 0) is 10.3 Å². The SMILES string of the molecule is CSc1nc(NC(=O)NS(=O)(=O)Oc2ccc(Cl)cc2Cl)nc(N2CCCCC2)n1. The molecule has 1 aromatic heterocycles. The zero-order chi connectivity index (χ0) is 21.7. The van der Waals surface area contributed by atoms with Crippen molar-refractivity contribution in [3.05, 3.63) is 28.2 Å². The standard InChI is InChI=1S/C16H18Cl2N6O4S2/c1-29-16-21-13(19-14(22-16)24-7-3-2-4-8-24)20-15(25)23-30(26,27)28-12-6-5-10(17)9-11(12)18/h5-6,9H,2-4,7-8H2,1H3,(H2,19,20,21,22,23,25). The molecule has 3 rings (SSSR count). The molecule has 1 aliphatic rings. The van der Waals surface area contributed by atoms with Gasteiger partial charge in [-0.2, -0.15) is 23.4 Å². The lowest BCUT2D eigenvalue weighted by molar-refractivity contribution is 0.255. The van der Waals surface area contributed by atoms with Crippen molar-refractivity contribution in [2.45, 2.75) is 24.4 Å². The summed E-state index contributed by atoms with van der Waals surface area (Å²) in [5.74, 6) is 0.169. The van der Waals surface area contributed by atoms with Crippen LogP contribution in [0.2, 0.25) is 10.0 Å². The first-order valence-corrected chi connectivity index (χ1v) is 12.2. The van der Waals surface area contributed by atoms with Gasteiger partial charge < -0.3 is 9.08 Å². The van der Waals surface area contributed by atoms with Crippen LogP contribution in [0.5, 0.6) is 5.75 Å². The van der Waals surface area contributed by atoms with Crippen molar-refractivity contribution in [3.63, 3.8) is 0 Å². The van der Waals surface area contributed by atoms with Crippen molar-refractivity contribution in [2.24, 2.45) is 0 Å². The first kappa shape index (κ1) is 22.7. The number of hydrogen-bond donors (Lipinski definition) is 2. The molecule has 0 aliphatic carbocycles. The molecule has 162 valence electrons. The number of thioether (sulfide) groups is 1. The molecule has 0 saturated carbocycles. The van der Waals surface area contributed by atoms with E-state index in [-0.39, 0.29) is 16.7 Å². The van der Waals surface area contributed by atoms with Crippen molar-refractivity contribution < 1.29 is 17.4 Å². The predicted octanol–water partition coefficient (Wildman–Crippen LogP) is 3.34. The van der Waals surface area contributed by atoms with E-state index in [1.807, 2.05) is 4.90 Å². The Kier molecular flexibility index (Phi) is 7.45. The topological polar surface area (TPSA) is 126 Å². The quantitative estimate of drug-likeness (QED) is 0.583. The van der Waals surface area contributed by atoms with Crippen LogP contribution in [-0.4, -0.2) is 48.7 Å². The average Bonchev–Trinajstić information content (AvgIpc) is 2.70. The van der Waals surface area contributed by atoms with Gasteiger partial charge in [0.05, 0.1) is 5.02 Å². The summed E-state index contributed by atoms with van der Waals surface area (Å²) in [5.41, 5.74) is 0. The number of carbonyl (C=O) groups is 1. The second-order valence-corrected chi connectivity index (χ2v) is 9.06. The monoisotopic (exact) mass is 492 g/mol. The summed E-state index contributed by atoms with van der Waals surface area (Å²) in [6.45, 7) is 1.60. The molecule has 0 radical (unpaired) electrons. The molecule has 1 fully saturated rings.